The fraction of sp³-hybridized carbons (Fsp3) is 0.667. The quantitative estimate of drug-likeness (QED) is 0.374. The Hall–Kier alpha value is 0.254. The lowest BCUT2D eigenvalue weighted by molar-refractivity contribution is -0.111. The predicted octanol–water partition coefficient (Wildman–Crippen LogP) is -2.95. The lowest BCUT2D eigenvalue weighted by Crippen LogP contribution is -2.61. The van der Waals surface area contributed by atoms with Crippen LogP contribution in [0.4, 0.5) is 0 Å². The van der Waals surface area contributed by atoms with E-state index < -0.39 is 19.3 Å². The van der Waals surface area contributed by atoms with Gasteiger partial charge in [-0.25, -0.2) is 0 Å². The Labute approximate surface area is 88.5 Å². The van der Waals surface area contributed by atoms with Crippen molar-refractivity contribution in [2.24, 2.45) is 0 Å². The van der Waals surface area contributed by atoms with Gasteiger partial charge in [0.2, 0.25) is 0 Å². The van der Waals surface area contributed by atoms with Gasteiger partial charge in [-0.3, -0.25) is 0 Å². The highest BCUT2D eigenvalue weighted by molar-refractivity contribution is 7.93. The number of rotatable bonds is 6. The molecule has 50 valence electrons. The number of hydrogen-bond acceptors (Lipinski definition) is 1. The summed E-state index contributed by atoms with van der Waals surface area (Å²) in [5.41, 5.74) is -0.0246. The molecule has 0 heterocycles. The molecule has 13 heavy (non-hydrogen) atoms. The van der Waals surface area contributed by atoms with E-state index in [1.54, 1.807) is 6.92 Å². The molecule has 0 spiro atoms. The standard InChI is InChI=1S/C3H5B9O/c1-2-3(13)10(11(6)8-4)12(7)9-5/h2H2,1H3. The molecule has 0 aromatic rings. The Morgan fingerprint density at radius 2 is 1.62 bits per heavy atom. The van der Waals surface area contributed by atoms with Crippen LogP contribution in [-0.2, 0) is 4.79 Å². The number of carbonyl (C=O) groups excluding carboxylic acids is 1. The molecule has 0 aliphatic carbocycles. The van der Waals surface area contributed by atoms with Crippen molar-refractivity contribution in [3.8, 4) is 0 Å². The van der Waals surface area contributed by atoms with E-state index in [0.717, 1.165) is 0 Å². The van der Waals surface area contributed by atoms with Crippen LogP contribution in [0.1, 0.15) is 13.3 Å². The van der Waals surface area contributed by atoms with Gasteiger partial charge >= 0.3 is 0 Å². The van der Waals surface area contributed by atoms with E-state index in [4.69, 9.17) is 30.9 Å². The van der Waals surface area contributed by atoms with Crippen LogP contribution >= 0.6 is 0 Å². The van der Waals surface area contributed by atoms with Crippen LogP contribution in [0.25, 0.3) is 0 Å². The van der Waals surface area contributed by atoms with Crippen molar-refractivity contribution in [3.63, 3.8) is 0 Å². The third-order valence-corrected chi connectivity index (χ3v) is 1.99. The maximum atomic E-state index is 11.4. The van der Waals surface area contributed by atoms with E-state index >= 15 is 0 Å². The zero-order chi connectivity index (χ0) is 10.4. The second kappa shape index (κ2) is 6.67. The molecule has 10 radical (unpaired) electrons. The summed E-state index contributed by atoms with van der Waals surface area (Å²) in [6.45, 7) is 1.24. The fourth-order valence-electron chi connectivity index (χ4n) is 1.16. The lowest BCUT2D eigenvalue weighted by atomic mass is 8.66. The highest BCUT2D eigenvalue weighted by Crippen LogP contribution is 1.95. The molecule has 10 heteroatoms. The van der Waals surface area contributed by atoms with E-state index in [2.05, 4.69) is 0 Å². The molecule has 0 unspecified atom stereocenters. The highest BCUT2D eigenvalue weighted by atomic mass is 16.1. The number of carbonyl (C=O) groups is 1. The average molecular weight is 154 g/mol. The van der Waals surface area contributed by atoms with Crippen molar-refractivity contribution in [3.05, 3.63) is 0 Å². The van der Waals surface area contributed by atoms with Crippen molar-refractivity contribution in [2.45, 2.75) is 13.3 Å². The van der Waals surface area contributed by atoms with Gasteiger partial charge in [0.25, 0.3) is 0 Å². The van der Waals surface area contributed by atoms with Crippen molar-refractivity contribution in [1.82, 2.24) is 0 Å². The summed E-state index contributed by atoms with van der Waals surface area (Å²) in [6, 6.07) is 0. The molecule has 0 rings (SSSR count). The summed E-state index contributed by atoms with van der Waals surface area (Å²) < 4.78 is 0. The molecule has 0 aromatic heterocycles. The first-order valence-corrected chi connectivity index (χ1v) is 4.22. The minimum Gasteiger partial charge on any atom is -0.313 e. The Balaban J connectivity index is 4.44. The minimum absolute atomic E-state index is 0.0246. The number of hydrogen-bond donors (Lipinski definition) is 0. The molecular weight excluding hydrogens is 149 g/mol. The zero-order valence-corrected chi connectivity index (χ0v) is 7.81. The normalized spacial score (nSPS) is 8.69. The van der Waals surface area contributed by atoms with Gasteiger partial charge in [0.1, 0.15) is 6.49 Å². The summed E-state index contributed by atoms with van der Waals surface area (Å²) in [7, 11) is 24.2. The third kappa shape index (κ3) is 3.87. The topological polar surface area (TPSA) is 17.1 Å². The molecule has 0 saturated heterocycles. The Morgan fingerprint density at radius 1 is 1.23 bits per heavy atom. The molecule has 0 fully saturated rings. The predicted molar refractivity (Wildman–Crippen MR) is 67.1 cm³/mol. The van der Waals surface area contributed by atoms with Crippen LogP contribution in [0.3, 0.4) is 0 Å². The van der Waals surface area contributed by atoms with Crippen LogP contribution in [0.2, 0.25) is 0 Å². The van der Waals surface area contributed by atoms with Gasteiger partial charge in [-0.15, -0.1) is 0 Å². The monoisotopic (exact) mass is 156 g/mol. The third-order valence-electron chi connectivity index (χ3n) is 1.99. The molecule has 0 bridgehead atoms. The molecule has 0 aliphatic heterocycles. The fourth-order valence-corrected chi connectivity index (χ4v) is 1.16. The van der Waals surface area contributed by atoms with Gasteiger partial charge < -0.3 is 4.79 Å². The molecule has 0 aliphatic rings. The summed E-state index contributed by atoms with van der Waals surface area (Å²) >= 11 is 0. The highest BCUT2D eigenvalue weighted by Gasteiger charge is 2.31. The first-order valence-electron chi connectivity index (χ1n) is 4.22. The zero-order valence-electron chi connectivity index (χ0n) is 7.81. The lowest BCUT2D eigenvalue weighted by Gasteiger charge is -2.21. The smallest absolute Gasteiger partial charge is 0.126 e. The summed E-state index contributed by atoms with van der Waals surface area (Å²) in [5.74, 6) is 0. The molecule has 1 nitrogen and oxygen atoms in total. The summed E-state index contributed by atoms with van der Waals surface area (Å²) in [6.07, 6.45) is -0.696. The van der Waals surface area contributed by atoms with Gasteiger partial charge in [0.15, 0.2) is 0 Å². The molecule has 0 amide bonds. The van der Waals surface area contributed by atoms with Gasteiger partial charge in [-0.2, -0.15) is 0 Å². The first kappa shape index (κ1) is 13.3. The Morgan fingerprint density at radius 3 is 1.85 bits per heavy atom. The van der Waals surface area contributed by atoms with E-state index in [-0.39, 0.29) is 5.68 Å². The van der Waals surface area contributed by atoms with Gasteiger partial charge in [0, 0.05) is 57.8 Å². The van der Waals surface area contributed by atoms with E-state index in [1.165, 1.54) is 14.1 Å². The van der Waals surface area contributed by atoms with Gasteiger partial charge in [0.05, 0.1) is 5.68 Å². The van der Waals surface area contributed by atoms with Crippen LogP contribution in [0, 0.1) is 0 Å². The molecule has 0 N–H and O–H groups in total. The maximum absolute atomic E-state index is 11.4. The van der Waals surface area contributed by atoms with Crippen molar-refractivity contribution in [2.75, 3.05) is 0 Å². The Bertz CT molecular complexity index is 151. The second-order valence-electron chi connectivity index (χ2n) is 2.89. The van der Waals surface area contributed by atoms with E-state index in [0.29, 0.717) is 6.42 Å². The Kier molecular flexibility index (Phi) is 6.80. The van der Waals surface area contributed by atoms with E-state index in [9.17, 15) is 4.79 Å². The van der Waals surface area contributed by atoms with Crippen molar-refractivity contribution >= 4 is 70.0 Å². The van der Waals surface area contributed by atoms with Gasteiger partial charge in [-0.05, 0) is 6.42 Å². The average Bonchev–Trinajstić information content (AvgIpc) is 2.16. The van der Waals surface area contributed by atoms with Crippen LogP contribution in [0.5, 0.6) is 0 Å². The van der Waals surface area contributed by atoms with E-state index in [1.807, 2.05) is 0 Å². The summed E-state index contributed by atoms with van der Waals surface area (Å²) in [5, 5.41) is 0. The van der Waals surface area contributed by atoms with Crippen molar-refractivity contribution in [1.29, 1.82) is 0 Å². The minimum atomic E-state index is -0.540. The van der Waals surface area contributed by atoms with Crippen LogP contribution in [0.15, 0.2) is 0 Å². The van der Waals surface area contributed by atoms with Crippen LogP contribution in [-0.4, -0.2) is 70.0 Å². The summed E-state index contributed by atoms with van der Waals surface area (Å²) in [4.78, 5) is 11.4. The first-order chi connectivity index (χ1) is 6.08. The van der Waals surface area contributed by atoms with Crippen LogP contribution < -0.4 is 0 Å². The van der Waals surface area contributed by atoms with Crippen molar-refractivity contribution < 1.29 is 4.79 Å². The molecule has 0 aromatic carbocycles. The maximum Gasteiger partial charge on any atom is 0.126 e. The molecule has 0 atom stereocenters. The second-order valence-corrected chi connectivity index (χ2v) is 2.89. The molecular formula is C3H5B9O. The SMILES string of the molecule is [B][B]B([B])B(B([B])[B][B])C(=O)CC. The largest absolute Gasteiger partial charge is 0.313 e. The molecule has 0 saturated carbocycles. The van der Waals surface area contributed by atoms with Gasteiger partial charge in [-0.1, -0.05) is 6.92 Å².